The average Bonchev–Trinajstić information content (AvgIpc) is 3.52. The first-order chi connectivity index (χ1) is 20.6. The first kappa shape index (κ1) is 29.1. The SMILES string of the molecule is Cc1cccc(C)c1NC(=O)C1N([C@H](CO)c2ccccc2)C(=O)[C@@H]2[C@H](C(=O)NCc3ccccc3)[C@@]3(C)OC12CC3C. The second-order valence-corrected chi connectivity index (χ2v) is 12.5. The van der Waals surface area contributed by atoms with Crippen molar-refractivity contribution in [3.8, 4) is 0 Å². The number of nitrogens with one attached hydrogen (secondary N) is 2. The van der Waals surface area contributed by atoms with Crippen LogP contribution in [-0.2, 0) is 25.7 Å². The van der Waals surface area contributed by atoms with Gasteiger partial charge in [0.05, 0.1) is 30.1 Å². The molecule has 3 aliphatic rings. The summed E-state index contributed by atoms with van der Waals surface area (Å²) in [4.78, 5) is 44.6. The Kier molecular flexibility index (Phi) is 7.39. The maximum absolute atomic E-state index is 14.7. The van der Waals surface area contributed by atoms with Crippen LogP contribution in [0, 0.1) is 31.6 Å². The molecule has 1 spiro atoms. The Morgan fingerprint density at radius 3 is 2.23 bits per heavy atom. The van der Waals surface area contributed by atoms with Crippen LogP contribution in [0.3, 0.4) is 0 Å². The lowest BCUT2D eigenvalue weighted by atomic mass is 9.62. The molecule has 0 aliphatic carbocycles. The van der Waals surface area contributed by atoms with Crippen LogP contribution in [-0.4, -0.2) is 51.6 Å². The summed E-state index contributed by atoms with van der Waals surface area (Å²) in [6.45, 7) is 7.71. The lowest BCUT2D eigenvalue weighted by Crippen LogP contribution is -2.55. The van der Waals surface area contributed by atoms with Crippen LogP contribution >= 0.6 is 0 Å². The number of ether oxygens (including phenoxy) is 1. The second kappa shape index (κ2) is 10.9. The quantitative estimate of drug-likeness (QED) is 0.368. The monoisotopic (exact) mass is 581 g/mol. The lowest BCUT2D eigenvalue weighted by molar-refractivity contribution is -0.149. The number of aryl methyl sites for hydroxylation is 2. The number of hydrogen-bond acceptors (Lipinski definition) is 5. The molecule has 2 bridgehead atoms. The van der Waals surface area contributed by atoms with Gasteiger partial charge in [-0.05, 0) is 55.4 Å². The molecule has 8 nitrogen and oxygen atoms in total. The van der Waals surface area contributed by atoms with E-state index in [2.05, 4.69) is 10.6 Å². The number of anilines is 1. The maximum atomic E-state index is 14.7. The molecule has 224 valence electrons. The van der Waals surface area contributed by atoms with E-state index in [0.29, 0.717) is 24.2 Å². The van der Waals surface area contributed by atoms with Crippen molar-refractivity contribution in [2.75, 3.05) is 11.9 Å². The molecule has 3 heterocycles. The third-order valence-corrected chi connectivity index (χ3v) is 10.0. The topological polar surface area (TPSA) is 108 Å². The van der Waals surface area contributed by atoms with E-state index in [0.717, 1.165) is 16.7 Å². The van der Waals surface area contributed by atoms with Crippen molar-refractivity contribution in [2.45, 2.75) is 63.9 Å². The Labute approximate surface area is 252 Å². The predicted octanol–water partition coefficient (Wildman–Crippen LogP) is 4.30. The molecule has 3 aromatic rings. The number of aliphatic hydroxyl groups is 1. The van der Waals surface area contributed by atoms with Crippen LogP contribution in [0.4, 0.5) is 5.69 Å². The minimum absolute atomic E-state index is 0.0937. The second-order valence-electron chi connectivity index (χ2n) is 12.5. The van der Waals surface area contributed by atoms with Gasteiger partial charge < -0.3 is 25.4 Å². The van der Waals surface area contributed by atoms with Gasteiger partial charge in [-0.25, -0.2) is 0 Å². The number of aliphatic hydroxyl groups excluding tert-OH is 1. The Bertz CT molecular complexity index is 1530. The number of benzene rings is 3. The zero-order valence-corrected chi connectivity index (χ0v) is 25.0. The van der Waals surface area contributed by atoms with Gasteiger partial charge in [0, 0.05) is 12.2 Å². The summed E-state index contributed by atoms with van der Waals surface area (Å²) in [5.41, 5.74) is 1.96. The van der Waals surface area contributed by atoms with E-state index in [-0.39, 0.29) is 30.2 Å². The summed E-state index contributed by atoms with van der Waals surface area (Å²) in [6.07, 6.45) is 0.441. The van der Waals surface area contributed by atoms with E-state index >= 15 is 0 Å². The highest BCUT2D eigenvalue weighted by Gasteiger charge is 2.80. The number of likely N-dealkylation sites (tertiary alicyclic amines) is 1. The molecule has 3 aromatic carbocycles. The maximum Gasteiger partial charge on any atom is 0.250 e. The molecule has 8 heteroatoms. The molecule has 3 saturated heterocycles. The van der Waals surface area contributed by atoms with Crippen molar-refractivity contribution in [2.24, 2.45) is 17.8 Å². The summed E-state index contributed by atoms with van der Waals surface area (Å²) in [5.74, 6) is -2.78. The summed E-state index contributed by atoms with van der Waals surface area (Å²) in [6, 6.07) is 22.8. The minimum Gasteiger partial charge on any atom is -0.394 e. The predicted molar refractivity (Wildman–Crippen MR) is 163 cm³/mol. The van der Waals surface area contributed by atoms with Gasteiger partial charge in [0.1, 0.15) is 11.6 Å². The molecule has 3 N–H and O–H groups in total. The van der Waals surface area contributed by atoms with E-state index in [9.17, 15) is 19.5 Å². The normalized spacial score (nSPS) is 29.8. The molecular weight excluding hydrogens is 542 g/mol. The van der Waals surface area contributed by atoms with Gasteiger partial charge in [-0.1, -0.05) is 85.8 Å². The molecule has 0 radical (unpaired) electrons. The molecule has 43 heavy (non-hydrogen) atoms. The van der Waals surface area contributed by atoms with Gasteiger partial charge >= 0.3 is 0 Å². The van der Waals surface area contributed by atoms with Gasteiger partial charge in [-0.2, -0.15) is 0 Å². The van der Waals surface area contributed by atoms with Crippen LogP contribution in [0.15, 0.2) is 78.9 Å². The van der Waals surface area contributed by atoms with Crippen molar-refractivity contribution in [3.63, 3.8) is 0 Å². The summed E-state index contributed by atoms with van der Waals surface area (Å²) < 4.78 is 6.87. The zero-order valence-electron chi connectivity index (χ0n) is 25.0. The average molecular weight is 582 g/mol. The first-order valence-electron chi connectivity index (χ1n) is 15.0. The molecule has 3 unspecified atom stereocenters. The number of amides is 3. The van der Waals surface area contributed by atoms with Crippen molar-refractivity contribution < 1.29 is 24.2 Å². The van der Waals surface area contributed by atoms with Crippen LogP contribution in [0.5, 0.6) is 0 Å². The van der Waals surface area contributed by atoms with E-state index in [4.69, 9.17) is 4.74 Å². The van der Waals surface area contributed by atoms with E-state index in [1.807, 2.05) is 107 Å². The molecular formula is C35H39N3O5. The van der Waals surface area contributed by atoms with E-state index in [1.165, 1.54) is 4.90 Å². The standard InChI is InChI=1S/C35H39N3O5/c1-21-12-11-13-22(2)29(21)37-32(41)30-35-18-23(3)34(4,43-35)27(31(40)36-19-24-14-7-5-8-15-24)28(35)33(42)38(30)26(20-39)25-16-9-6-10-17-25/h5-17,23,26-28,30,39H,18-20H2,1-4H3,(H,36,40)(H,37,41)/t23?,26-,27-,28+,30?,34+,35?/m1/s1. The van der Waals surface area contributed by atoms with Crippen LogP contribution in [0.2, 0.25) is 0 Å². The zero-order chi connectivity index (χ0) is 30.5. The molecule has 3 amide bonds. The Hall–Kier alpha value is -4.01. The summed E-state index contributed by atoms with van der Waals surface area (Å²) in [7, 11) is 0. The largest absolute Gasteiger partial charge is 0.394 e. The molecule has 6 rings (SSSR count). The molecule has 0 saturated carbocycles. The van der Waals surface area contributed by atoms with E-state index in [1.54, 1.807) is 0 Å². The highest BCUT2D eigenvalue weighted by atomic mass is 16.5. The molecule has 3 aliphatic heterocycles. The minimum atomic E-state index is -1.23. The fourth-order valence-electron chi connectivity index (χ4n) is 7.84. The van der Waals surface area contributed by atoms with Crippen molar-refractivity contribution in [1.29, 1.82) is 0 Å². The number of carbonyl (C=O) groups is 3. The van der Waals surface area contributed by atoms with Crippen LogP contribution in [0.25, 0.3) is 0 Å². The fourth-order valence-corrected chi connectivity index (χ4v) is 7.84. The van der Waals surface area contributed by atoms with Crippen molar-refractivity contribution >= 4 is 23.4 Å². The molecule has 3 fully saturated rings. The smallest absolute Gasteiger partial charge is 0.250 e. The van der Waals surface area contributed by atoms with Crippen molar-refractivity contribution in [1.82, 2.24) is 10.2 Å². The number of hydrogen-bond donors (Lipinski definition) is 3. The fraction of sp³-hybridized carbons (Fsp3) is 0.400. The lowest BCUT2D eigenvalue weighted by Gasteiger charge is -2.37. The Balaban J connectivity index is 1.43. The van der Waals surface area contributed by atoms with Gasteiger partial charge in [-0.15, -0.1) is 0 Å². The van der Waals surface area contributed by atoms with Gasteiger partial charge in [0.2, 0.25) is 17.7 Å². The third kappa shape index (κ3) is 4.55. The third-order valence-electron chi connectivity index (χ3n) is 10.0. The number of nitrogens with zero attached hydrogens (tertiary/aromatic N) is 1. The Morgan fingerprint density at radius 2 is 1.60 bits per heavy atom. The number of carbonyl (C=O) groups excluding carboxylic acids is 3. The number of para-hydroxylation sites is 1. The highest BCUT2D eigenvalue weighted by Crippen LogP contribution is 2.66. The first-order valence-corrected chi connectivity index (χ1v) is 15.0. The van der Waals surface area contributed by atoms with Gasteiger partial charge in [-0.3, -0.25) is 14.4 Å². The van der Waals surface area contributed by atoms with Crippen LogP contribution in [0.1, 0.15) is 48.6 Å². The van der Waals surface area contributed by atoms with Gasteiger partial charge in [0.15, 0.2) is 0 Å². The summed E-state index contributed by atoms with van der Waals surface area (Å²) in [5, 5.41) is 16.9. The number of rotatable bonds is 8. The summed E-state index contributed by atoms with van der Waals surface area (Å²) >= 11 is 0. The van der Waals surface area contributed by atoms with Crippen molar-refractivity contribution in [3.05, 3.63) is 101 Å². The Morgan fingerprint density at radius 1 is 0.977 bits per heavy atom. The number of fused-ring (bicyclic) bond motifs is 1. The molecule has 7 atom stereocenters. The highest BCUT2D eigenvalue weighted by molar-refractivity contribution is 6.04. The van der Waals surface area contributed by atoms with Crippen LogP contribution < -0.4 is 10.6 Å². The van der Waals surface area contributed by atoms with E-state index < -0.39 is 35.1 Å². The molecule has 0 aromatic heterocycles. The van der Waals surface area contributed by atoms with Gasteiger partial charge in [0.25, 0.3) is 0 Å².